The van der Waals surface area contributed by atoms with Crippen LogP contribution < -0.4 is 5.32 Å². The number of piperidine rings is 1. The fraction of sp³-hybridized carbons (Fsp3) is 0.667. The highest BCUT2D eigenvalue weighted by Crippen LogP contribution is 2.32. The Bertz CT molecular complexity index is 843. The van der Waals surface area contributed by atoms with E-state index in [0.29, 0.717) is 24.9 Å². The number of aromatic nitrogens is 2. The predicted molar refractivity (Wildman–Crippen MR) is 121 cm³/mol. The Kier molecular flexibility index (Phi) is 7.02. The Hall–Kier alpha value is -1.74. The van der Waals surface area contributed by atoms with Crippen molar-refractivity contribution in [2.75, 3.05) is 18.4 Å². The number of anilines is 1. The molecular formula is C21H32N4O3S2. The van der Waals surface area contributed by atoms with Crippen LogP contribution in [0.3, 0.4) is 0 Å². The third kappa shape index (κ3) is 6.63. The molecule has 0 aliphatic carbocycles. The van der Waals surface area contributed by atoms with Crippen LogP contribution in [-0.2, 0) is 15.9 Å². The Morgan fingerprint density at radius 1 is 1.23 bits per heavy atom. The zero-order valence-electron chi connectivity index (χ0n) is 18.7. The summed E-state index contributed by atoms with van der Waals surface area (Å²) in [7, 11) is 0. The molecule has 1 aliphatic rings. The number of nitrogens with one attached hydrogen (secondary N) is 1. The number of hydrogen-bond donors (Lipinski definition) is 1. The molecule has 9 heteroatoms. The van der Waals surface area contributed by atoms with Crippen LogP contribution in [0.4, 0.5) is 9.93 Å². The number of carbonyl (C=O) groups is 1. The molecule has 0 radical (unpaired) electrons. The SMILES string of the molecule is CC(C)(C)OC(=O)N1CCC(Nc2ncc(SCc3ncc(C(C)(C)C)o3)s2)CC1. The fourth-order valence-electron chi connectivity index (χ4n) is 2.96. The summed E-state index contributed by atoms with van der Waals surface area (Å²) < 4.78 is 12.4. The minimum absolute atomic E-state index is 0.0312. The molecule has 1 amide bonds. The average Bonchev–Trinajstić information content (AvgIpc) is 3.28. The minimum Gasteiger partial charge on any atom is -0.444 e. The summed E-state index contributed by atoms with van der Waals surface area (Å²) in [6, 6.07) is 0.314. The number of likely N-dealkylation sites (tertiary alicyclic amines) is 1. The van der Waals surface area contributed by atoms with Crippen molar-refractivity contribution in [3.8, 4) is 0 Å². The van der Waals surface area contributed by atoms with E-state index in [9.17, 15) is 4.79 Å². The van der Waals surface area contributed by atoms with Crippen LogP contribution in [0, 0.1) is 0 Å². The highest BCUT2D eigenvalue weighted by atomic mass is 32.2. The molecule has 0 atom stereocenters. The van der Waals surface area contributed by atoms with Gasteiger partial charge < -0.3 is 19.4 Å². The molecule has 7 nitrogen and oxygen atoms in total. The Balaban J connectivity index is 1.44. The first-order chi connectivity index (χ1) is 14.0. The van der Waals surface area contributed by atoms with Crippen molar-refractivity contribution in [3.63, 3.8) is 0 Å². The maximum Gasteiger partial charge on any atom is 0.410 e. The van der Waals surface area contributed by atoms with Crippen molar-refractivity contribution in [1.82, 2.24) is 14.9 Å². The van der Waals surface area contributed by atoms with Gasteiger partial charge >= 0.3 is 6.09 Å². The molecule has 0 saturated carbocycles. The topological polar surface area (TPSA) is 80.5 Å². The second kappa shape index (κ2) is 9.18. The third-order valence-electron chi connectivity index (χ3n) is 4.59. The largest absolute Gasteiger partial charge is 0.444 e. The van der Waals surface area contributed by atoms with Crippen molar-refractivity contribution in [1.29, 1.82) is 0 Å². The first-order valence-corrected chi connectivity index (χ1v) is 12.1. The second-order valence-corrected chi connectivity index (χ2v) is 11.8. The van der Waals surface area contributed by atoms with Gasteiger partial charge in [-0.15, -0.1) is 11.8 Å². The second-order valence-electron chi connectivity index (χ2n) is 9.53. The van der Waals surface area contributed by atoms with Gasteiger partial charge in [0.25, 0.3) is 0 Å². The van der Waals surface area contributed by atoms with E-state index in [4.69, 9.17) is 9.15 Å². The lowest BCUT2D eigenvalue weighted by atomic mass is 9.94. The van der Waals surface area contributed by atoms with Crippen molar-refractivity contribution in [2.24, 2.45) is 0 Å². The van der Waals surface area contributed by atoms with E-state index in [1.165, 1.54) is 0 Å². The molecule has 0 unspecified atom stereocenters. The van der Waals surface area contributed by atoms with Gasteiger partial charge in [-0.25, -0.2) is 14.8 Å². The van der Waals surface area contributed by atoms with Gasteiger partial charge in [0, 0.05) is 24.5 Å². The Morgan fingerprint density at radius 2 is 1.93 bits per heavy atom. The monoisotopic (exact) mass is 452 g/mol. The van der Waals surface area contributed by atoms with E-state index in [1.807, 2.05) is 33.2 Å². The van der Waals surface area contributed by atoms with E-state index >= 15 is 0 Å². The molecule has 0 bridgehead atoms. The van der Waals surface area contributed by atoms with Gasteiger partial charge in [-0.05, 0) is 33.6 Å². The van der Waals surface area contributed by atoms with E-state index < -0.39 is 5.60 Å². The minimum atomic E-state index is -0.458. The first-order valence-electron chi connectivity index (χ1n) is 10.3. The molecule has 3 heterocycles. The van der Waals surface area contributed by atoms with Crippen LogP contribution in [-0.4, -0.2) is 45.7 Å². The molecule has 1 fully saturated rings. The lowest BCUT2D eigenvalue weighted by Crippen LogP contribution is -2.44. The number of rotatable bonds is 5. The van der Waals surface area contributed by atoms with Gasteiger partial charge in [0.05, 0.1) is 22.4 Å². The van der Waals surface area contributed by atoms with Gasteiger partial charge in [-0.1, -0.05) is 32.1 Å². The standard InChI is InChI=1S/C21H32N4O3S2/c1-20(2,3)15-11-22-16(27-15)13-29-17-12-23-18(30-17)24-14-7-9-25(10-8-14)19(26)28-21(4,5)6/h11-12,14H,7-10,13H2,1-6H3,(H,23,24). The molecule has 1 saturated heterocycles. The fourth-order valence-corrected chi connectivity index (χ4v) is 4.76. The van der Waals surface area contributed by atoms with Crippen LogP contribution in [0.1, 0.15) is 66.0 Å². The van der Waals surface area contributed by atoms with Gasteiger partial charge in [0.1, 0.15) is 11.4 Å². The number of thioether (sulfide) groups is 1. The molecule has 2 aromatic rings. The Labute approximate surface area is 187 Å². The number of nitrogens with zero attached hydrogens (tertiary/aromatic N) is 3. The lowest BCUT2D eigenvalue weighted by molar-refractivity contribution is 0.0210. The van der Waals surface area contributed by atoms with Crippen LogP contribution >= 0.6 is 23.1 Å². The van der Waals surface area contributed by atoms with Crippen LogP contribution in [0.5, 0.6) is 0 Å². The van der Waals surface area contributed by atoms with Gasteiger partial charge in [0.15, 0.2) is 5.13 Å². The van der Waals surface area contributed by atoms with Crippen molar-refractivity contribution >= 4 is 34.3 Å². The summed E-state index contributed by atoms with van der Waals surface area (Å²) in [5, 5.41) is 4.42. The molecule has 0 aromatic carbocycles. The number of ether oxygens (including phenoxy) is 1. The predicted octanol–water partition coefficient (Wildman–Crippen LogP) is 5.53. The number of thiazole rings is 1. The van der Waals surface area contributed by atoms with Crippen LogP contribution in [0.25, 0.3) is 0 Å². The van der Waals surface area contributed by atoms with Gasteiger partial charge in [0.2, 0.25) is 5.89 Å². The lowest BCUT2D eigenvalue weighted by Gasteiger charge is -2.33. The molecule has 1 aliphatic heterocycles. The summed E-state index contributed by atoms with van der Waals surface area (Å²) >= 11 is 3.32. The van der Waals surface area contributed by atoms with Crippen LogP contribution in [0.15, 0.2) is 21.0 Å². The molecule has 166 valence electrons. The number of carbonyl (C=O) groups excluding carboxylic acids is 1. The number of amides is 1. The molecule has 1 N–H and O–H groups in total. The van der Waals surface area contributed by atoms with Gasteiger partial charge in [-0.2, -0.15) is 0 Å². The smallest absolute Gasteiger partial charge is 0.410 e. The zero-order chi connectivity index (χ0) is 21.9. The number of hydrogen-bond acceptors (Lipinski definition) is 8. The van der Waals surface area contributed by atoms with Crippen molar-refractivity contribution in [3.05, 3.63) is 24.0 Å². The summed E-state index contributed by atoms with van der Waals surface area (Å²) in [6.45, 7) is 13.4. The van der Waals surface area contributed by atoms with E-state index in [0.717, 1.165) is 33.8 Å². The maximum atomic E-state index is 12.2. The summed E-state index contributed by atoms with van der Waals surface area (Å²) in [6.07, 6.45) is 5.25. The molecular weight excluding hydrogens is 420 g/mol. The highest BCUT2D eigenvalue weighted by molar-refractivity contribution is 8.00. The molecule has 30 heavy (non-hydrogen) atoms. The normalized spacial score (nSPS) is 16.0. The van der Waals surface area contributed by atoms with Crippen molar-refractivity contribution in [2.45, 2.75) is 81.4 Å². The van der Waals surface area contributed by atoms with Crippen molar-refractivity contribution < 1.29 is 13.9 Å². The zero-order valence-corrected chi connectivity index (χ0v) is 20.3. The Morgan fingerprint density at radius 3 is 2.53 bits per heavy atom. The maximum absolute atomic E-state index is 12.2. The van der Waals surface area contributed by atoms with E-state index in [-0.39, 0.29) is 11.5 Å². The molecule has 2 aromatic heterocycles. The highest BCUT2D eigenvalue weighted by Gasteiger charge is 2.27. The van der Waals surface area contributed by atoms with E-state index in [1.54, 1.807) is 28.0 Å². The summed E-state index contributed by atoms with van der Waals surface area (Å²) in [5.41, 5.74) is -0.489. The molecule has 3 rings (SSSR count). The summed E-state index contributed by atoms with van der Waals surface area (Å²) in [4.78, 5) is 22.9. The third-order valence-corrected chi connectivity index (χ3v) is 6.70. The number of oxazole rings is 1. The van der Waals surface area contributed by atoms with E-state index in [2.05, 4.69) is 36.1 Å². The van der Waals surface area contributed by atoms with Gasteiger partial charge in [-0.3, -0.25) is 0 Å². The summed E-state index contributed by atoms with van der Waals surface area (Å²) in [5.74, 6) is 2.33. The first kappa shape index (κ1) is 22.9. The average molecular weight is 453 g/mol. The molecule has 0 spiro atoms. The quantitative estimate of drug-likeness (QED) is 0.597. The van der Waals surface area contributed by atoms with Crippen LogP contribution in [0.2, 0.25) is 0 Å².